The topological polar surface area (TPSA) is 81.4 Å². The molecular formula is C12H17FN2O3S. The van der Waals surface area contributed by atoms with Crippen LogP contribution in [0.15, 0.2) is 17.0 Å². The molecule has 106 valence electrons. The minimum atomic E-state index is -3.90. The summed E-state index contributed by atoms with van der Waals surface area (Å²) in [6.07, 6.45) is 1.17. The third kappa shape index (κ3) is 3.23. The van der Waals surface area contributed by atoms with Gasteiger partial charge in [0.15, 0.2) is 0 Å². The molecule has 0 unspecified atom stereocenters. The Morgan fingerprint density at radius 3 is 2.63 bits per heavy atom. The fourth-order valence-corrected chi connectivity index (χ4v) is 3.55. The number of sulfonamides is 1. The molecule has 19 heavy (non-hydrogen) atoms. The number of nitrogens with one attached hydrogen (secondary N) is 1. The van der Waals surface area contributed by atoms with E-state index in [1.807, 2.05) is 0 Å². The van der Waals surface area contributed by atoms with Gasteiger partial charge in [-0.25, -0.2) is 17.5 Å². The Kier molecular flexibility index (Phi) is 4.07. The van der Waals surface area contributed by atoms with E-state index < -0.39 is 20.7 Å². The largest absolute Gasteiger partial charge is 0.399 e. The van der Waals surface area contributed by atoms with Gasteiger partial charge in [-0.15, -0.1) is 0 Å². The van der Waals surface area contributed by atoms with E-state index in [2.05, 4.69) is 4.72 Å². The fourth-order valence-electron chi connectivity index (χ4n) is 2.06. The number of anilines is 1. The highest BCUT2D eigenvalue weighted by atomic mass is 32.2. The summed E-state index contributed by atoms with van der Waals surface area (Å²) in [6.45, 7) is 2.50. The van der Waals surface area contributed by atoms with Gasteiger partial charge in [-0.1, -0.05) is 0 Å². The van der Waals surface area contributed by atoms with Gasteiger partial charge in [-0.3, -0.25) is 0 Å². The van der Waals surface area contributed by atoms with Crippen molar-refractivity contribution in [1.82, 2.24) is 4.72 Å². The van der Waals surface area contributed by atoms with Crippen molar-refractivity contribution < 1.29 is 17.5 Å². The summed E-state index contributed by atoms with van der Waals surface area (Å²) in [5.74, 6) is -0.756. The lowest BCUT2D eigenvalue weighted by Gasteiger charge is -2.23. The minimum absolute atomic E-state index is 0.215. The minimum Gasteiger partial charge on any atom is -0.399 e. The molecule has 1 aliphatic rings. The van der Waals surface area contributed by atoms with Crippen LogP contribution in [0, 0.1) is 12.7 Å². The maximum Gasteiger partial charge on any atom is 0.243 e. The highest BCUT2D eigenvalue weighted by molar-refractivity contribution is 7.89. The van der Waals surface area contributed by atoms with E-state index in [1.54, 1.807) is 0 Å². The van der Waals surface area contributed by atoms with E-state index in [0.29, 0.717) is 26.1 Å². The van der Waals surface area contributed by atoms with E-state index in [4.69, 9.17) is 10.5 Å². The summed E-state index contributed by atoms with van der Waals surface area (Å²) in [4.78, 5) is -0.392. The number of rotatable bonds is 3. The molecule has 0 atom stereocenters. The fraction of sp³-hybridized carbons (Fsp3) is 0.500. The van der Waals surface area contributed by atoms with E-state index in [-0.39, 0.29) is 17.3 Å². The van der Waals surface area contributed by atoms with Crippen LogP contribution in [0.4, 0.5) is 10.1 Å². The summed E-state index contributed by atoms with van der Waals surface area (Å²) in [5, 5.41) is 0. The summed E-state index contributed by atoms with van der Waals surface area (Å²) in [5.41, 5.74) is 6.02. The first-order valence-electron chi connectivity index (χ1n) is 6.06. The normalized spacial score (nSPS) is 17.6. The molecule has 5 nitrogen and oxygen atoms in total. The van der Waals surface area contributed by atoms with Crippen LogP contribution in [0.3, 0.4) is 0 Å². The van der Waals surface area contributed by atoms with Crippen molar-refractivity contribution in [1.29, 1.82) is 0 Å². The molecular weight excluding hydrogens is 271 g/mol. The van der Waals surface area contributed by atoms with Gasteiger partial charge in [0.05, 0.1) is 0 Å². The quantitative estimate of drug-likeness (QED) is 0.818. The average molecular weight is 288 g/mol. The Morgan fingerprint density at radius 1 is 1.37 bits per heavy atom. The smallest absolute Gasteiger partial charge is 0.243 e. The van der Waals surface area contributed by atoms with Crippen molar-refractivity contribution in [2.45, 2.75) is 30.7 Å². The zero-order valence-corrected chi connectivity index (χ0v) is 11.5. The van der Waals surface area contributed by atoms with Crippen molar-refractivity contribution in [3.8, 4) is 0 Å². The Labute approximate surface area is 112 Å². The zero-order chi connectivity index (χ0) is 14.0. The molecule has 0 bridgehead atoms. The Hall–Kier alpha value is -1.18. The Morgan fingerprint density at radius 2 is 2.00 bits per heavy atom. The molecule has 0 aliphatic carbocycles. The molecule has 1 aromatic carbocycles. The number of hydrogen-bond donors (Lipinski definition) is 2. The summed E-state index contributed by atoms with van der Waals surface area (Å²) in [7, 11) is -3.90. The zero-order valence-electron chi connectivity index (χ0n) is 10.6. The van der Waals surface area contributed by atoms with Gasteiger partial charge in [-0.2, -0.15) is 0 Å². The molecule has 0 saturated carbocycles. The van der Waals surface area contributed by atoms with Gasteiger partial charge in [0, 0.05) is 24.9 Å². The second-order valence-corrected chi connectivity index (χ2v) is 6.34. The van der Waals surface area contributed by atoms with Crippen molar-refractivity contribution in [3.63, 3.8) is 0 Å². The molecule has 0 amide bonds. The van der Waals surface area contributed by atoms with Crippen molar-refractivity contribution in [3.05, 3.63) is 23.5 Å². The highest BCUT2D eigenvalue weighted by Crippen LogP contribution is 2.22. The first kappa shape index (κ1) is 14.2. The summed E-state index contributed by atoms with van der Waals surface area (Å²) in [6, 6.07) is 2.33. The van der Waals surface area contributed by atoms with Crippen LogP contribution < -0.4 is 10.5 Å². The lowest BCUT2D eigenvalue weighted by atomic mass is 10.1. The SMILES string of the molecule is Cc1cc(N)cc(S(=O)(=O)NC2CCOCC2)c1F. The number of hydrogen-bond acceptors (Lipinski definition) is 4. The Bertz CT molecular complexity index is 569. The lowest BCUT2D eigenvalue weighted by Crippen LogP contribution is -2.39. The molecule has 0 aromatic heterocycles. The van der Waals surface area contributed by atoms with Gasteiger partial charge in [-0.05, 0) is 37.5 Å². The molecule has 1 heterocycles. The van der Waals surface area contributed by atoms with Gasteiger partial charge < -0.3 is 10.5 Å². The maximum absolute atomic E-state index is 13.9. The van der Waals surface area contributed by atoms with Crippen LogP contribution in [-0.4, -0.2) is 27.7 Å². The molecule has 1 fully saturated rings. The van der Waals surface area contributed by atoms with Crippen molar-refractivity contribution in [2.75, 3.05) is 18.9 Å². The number of halogens is 1. The number of ether oxygens (including phenoxy) is 1. The number of aryl methyl sites for hydroxylation is 1. The van der Waals surface area contributed by atoms with Crippen LogP contribution in [-0.2, 0) is 14.8 Å². The predicted molar refractivity (Wildman–Crippen MR) is 69.7 cm³/mol. The molecule has 2 rings (SSSR count). The molecule has 1 aliphatic heterocycles. The first-order chi connectivity index (χ1) is 8.90. The maximum atomic E-state index is 13.9. The first-order valence-corrected chi connectivity index (χ1v) is 7.54. The summed E-state index contributed by atoms with van der Waals surface area (Å²) >= 11 is 0. The average Bonchev–Trinajstić information content (AvgIpc) is 2.34. The Balaban J connectivity index is 2.28. The van der Waals surface area contributed by atoms with Gasteiger partial charge in [0.2, 0.25) is 10.0 Å². The van der Waals surface area contributed by atoms with Crippen molar-refractivity contribution >= 4 is 15.7 Å². The van der Waals surface area contributed by atoms with Gasteiger partial charge in [0.1, 0.15) is 10.7 Å². The van der Waals surface area contributed by atoms with E-state index in [1.165, 1.54) is 13.0 Å². The summed E-state index contributed by atoms with van der Waals surface area (Å²) < 4.78 is 45.9. The van der Waals surface area contributed by atoms with E-state index in [0.717, 1.165) is 6.07 Å². The standard InChI is InChI=1S/C12H17FN2O3S/c1-8-6-9(14)7-11(12(8)13)19(16,17)15-10-2-4-18-5-3-10/h6-7,10,15H,2-5,14H2,1H3. The number of benzene rings is 1. The molecule has 0 spiro atoms. The lowest BCUT2D eigenvalue weighted by molar-refractivity contribution is 0.0832. The second-order valence-electron chi connectivity index (χ2n) is 4.66. The highest BCUT2D eigenvalue weighted by Gasteiger charge is 2.25. The van der Waals surface area contributed by atoms with Crippen LogP contribution in [0.25, 0.3) is 0 Å². The molecule has 0 radical (unpaired) electrons. The van der Waals surface area contributed by atoms with Crippen LogP contribution in [0.1, 0.15) is 18.4 Å². The van der Waals surface area contributed by atoms with Gasteiger partial charge in [0.25, 0.3) is 0 Å². The molecule has 3 N–H and O–H groups in total. The number of nitrogen functional groups attached to an aromatic ring is 1. The van der Waals surface area contributed by atoms with Gasteiger partial charge >= 0.3 is 0 Å². The third-order valence-corrected chi connectivity index (χ3v) is 4.60. The van der Waals surface area contributed by atoms with Crippen LogP contribution >= 0.6 is 0 Å². The third-order valence-electron chi connectivity index (χ3n) is 3.08. The number of nitrogens with two attached hydrogens (primary N) is 1. The van der Waals surface area contributed by atoms with E-state index in [9.17, 15) is 12.8 Å². The van der Waals surface area contributed by atoms with Crippen molar-refractivity contribution in [2.24, 2.45) is 0 Å². The van der Waals surface area contributed by atoms with Crippen LogP contribution in [0.2, 0.25) is 0 Å². The van der Waals surface area contributed by atoms with Crippen LogP contribution in [0.5, 0.6) is 0 Å². The predicted octanol–water partition coefficient (Wildman–Crippen LogP) is 1.17. The molecule has 7 heteroatoms. The van der Waals surface area contributed by atoms with E-state index >= 15 is 0 Å². The molecule has 1 aromatic rings. The molecule has 1 saturated heterocycles. The second kappa shape index (κ2) is 5.44. The monoisotopic (exact) mass is 288 g/mol.